The van der Waals surface area contributed by atoms with Crippen molar-refractivity contribution in [1.82, 2.24) is 9.97 Å². The maximum atomic E-state index is 4.29. The van der Waals surface area contributed by atoms with Gasteiger partial charge in [0.1, 0.15) is 18.0 Å². The number of anilines is 3. The summed E-state index contributed by atoms with van der Waals surface area (Å²) in [5.41, 5.74) is 3.52. The van der Waals surface area contributed by atoms with Crippen LogP contribution in [0.3, 0.4) is 0 Å². The predicted molar refractivity (Wildman–Crippen MR) is 89.2 cm³/mol. The Hall–Kier alpha value is -2.10. The Balaban J connectivity index is 2.05. The van der Waals surface area contributed by atoms with E-state index >= 15 is 0 Å². The molecule has 1 aromatic carbocycles. The van der Waals surface area contributed by atoms with Crippen molar-refractivity contribution in [1.29, 1.82) is 0 Å². The first-order chi connectivity index (χ1) is 10.0. The van der Waals surface area contributed by atoms with Crippen LogP contribution in [0, 0.1) is 19.8 Å². The maximum absolute atomic E-state index is 4.29. The summed E-state index contributed by atoms with van der Waals surface area (Å²) >= 11 is 0. The summed E-state index contributed by atoms with van der Waals surface area (Å²) in [7, 11) is 0. The molecule has 2 aromatic rings. The molecule has 0 aliphatic heterocycles. The molecule has 0 spiro atoms. The smallest absolute Gasteiger partial charge is 0.135 e. The van der Waals surface area contributed by atoms with E-state index in [2.05, 4.69) is 66.5 Å². The summed E-state index contributed by atoms with van der Waals surface area (Å²) in [5.74, 6) is 2.36. The van der Waals surface area contributed by atoms with Gasteiger partial charge in [0.05, 0.1) is 0 Å². The zero-order valence-corrected chi connectivity index (χ0v) is 13.3. The van der Waals surface area contributed by atoms with Crippen LogP contribution in [0.15, 0.2) is 30.6 Å². The lowest BCUT2D eigenvalue weighted by Crippen LogP contribution is -2.07. The monoisotopic (exact) mass is 284 g/mol. The van der Waals surface area contributed by atoms with Crippen molar-refractivity contribution in [3.05, 3.63) is 41.7 Å². The van der Waals surface area contributed by atoms with Crippen LogP contribution in [0.25, 0.3) is 0 Å². The van der Waals surface area contributed by atoms with Crippen molar-refractivity contribution >= 4 is 17.3 Å². The molecular formula is C17H24N4. The minimum absolute atomic E-state index is 0.687. The summed E-state index contributed by atoms with van der Waals surface area (Å²) in [4.78, 5) is 8.54. The third kappa shape index (κ3) is 4.74. The molecule has 0 saturated carbocycles. The third-order valence-electron chi connectivity index (χ3n) is 3.35. The summed E-state index contributed by atoms with van der Waals surface area (Å²) < 4.78 is 0. The maximum Gasteiger partial charge on any atom is 0.135 e. The molecule has 21 heavy (non-hydrogen) atoms. The third-order valence-corrected chi connectivity index (χ3v) is 3.35. The van der Waals surface area contributed by atoms with Gasteiger partial charge < -0.3 is 10.6 Å². The number of rotatable bonds is 6. The standard InChI is InChI=1S/C17H24N4/c1-12(2)7-8-18-16-10-17(20-11-19-16)21-15-9-13(3)5-6-14(15)4/h5-6,9-12H,7-8H2,1-4H3,(H2,18,19,20,21). The van der Waals surface area contributed by atoms with E-state index in [4.69, 9.17) is 0 Å². The van der Waals surface area contributed by atoms with Crippen molar-refractivity contribution in [2.45, 2.75) is 34.1 Å². The highest BCUT2D eigenvalue weighted by atomic mass is 15.1. The predicted octanol–water partition coefficient (Wildman–Crippen LogP) is 4.30. The normalized spacial score (nSPS) is 10.7. The van der Waals surface area contributed by atoms with Gasteiger partial charge in [0.25, 0.3) is 0 Å². The first-order valence-corrected chi connectivity index (χ1v) is 7.45. The summed E-state index contributed by atoms with van der Waals surface area (Å²) in [6.07, 6.45) is 2.72. The van der Waals surface area contributed by atoms with Gasteiger partial charge in [0.15, 0.2) is 0 Å². The molecule has 1 aromatic heterocycles. The zero-order valence-electron chi connectivity index (χ0n) is 13.3. The van der Waals surface area contributed by atoms with E-state index in [0.29, 0.717) is 5.92 Å². The average molecular weight is 284 g/mol. The Labute approximate surface area is 127 Å². The topological polar surface area (TPSA) is 49.8 Å². The Morgan fingerprint density at radius 1 is 1.05 bits per heavy atom. The van der Waals surface area contributed by atoms with Crippen molar-refractivity contribution in [3.63, 3.8) is 0 Å². The number of aryl methyl sites for hydroxylation is 2. The van der Waals surface area contributed by atoms with E-state index in [-0.39, 0.29) is 0 Å². The lowest BCUT2D eigenvalue weighted by Gasteiger charge is -2.11. The molecule has 0 bridgehead atoms. The molecule has 0 fully saturated rings. The van der Waals surface area contributed by atoms with Crippen LogP contribution < -0.4 is 10.6 Å². The fourth-order valence-electron chi connectivity index (χ4n) is 2.02. The lowest BCUT2D eigenvalue weighted by atomic mass is 10.1. The van der Waals surface area contributed by atoms with Crippen LogP contribution >= 0.6 is 0 Å². The quantitative estimate of drug-likeness (QED) is 0.830. The van der Waals surface area contributed by atoms with Crippen LogP contribution in [0.2, 0.25) is 0 Å². The molecule has 2 N–H and O–H groups in total. The van der Waals surface area contributed by atoms with Crippen LogP contribution in [-0.2, 0) is 0 Å². The molecule has 0 unspecified atom stereocenters. The Bertz CT molecular complexity index is 593. The Morgan fingerprint density at radius 3 is 2.57 bits per heavy atom. The molecule has 112 valence electrons. The molecule has 0 radical (unpaired) electrons. The van der Waals surface area contributed by atoms with Crippen molar-refractivity contribution in [2.24, 2.45) is 5.92 Å². The van der Waals surface area contributed by atoms with Gasteiger partial charge in [-0.3, -0.25) is 0 Å². The molecule has 4 heteroatoms. The fourth-order valence-corrected chi connectivity index (χ4v) is 2.02. The fraction of sp³-hybridized carbons (Fsp3) is 0.412. The van der Waals surface area contributed by atoms with Gasteiger partial charge in [-0.2, -0.15) is 0 Å². The molecule has 0 aliphatic carbocycles. The Morgan fingerprint density at radius 2 is 1.81 bits per heavy atom. The van der Waals surface area contributed by atoms with Crippen LogP contribution in [0.1, 0.15) is 31.4 Å². The number of benzene rings is 1. The SMILES string of the molecule is Cc1ccc(C)c(Nc2cc(NCCC(C)C)ncn2)c1. The number of hydrogen-bond donors (Lipinski definition) is 2. The van der Waals surface area contributed by atoms with Crippen molar-refractivity contribution in [2.75, 3.05) is 17.2 Å². The van der Waals surface area contributed by atoms with E-state index < -0.39 is 0 Å². The van der Waals surface area contributed by atoms with Gasteiger partial charge >= 0.3 is 0 Å². The van der Waals surface area contributed by atoms with Crippen LogP contribution in [0.5, 0.6) is 0 Å². The summed E-state index contributed by atoms with van der Waals surface area (Å²) in [6.45, 7) is 9.54. The van der Waals surface area contributed by atoms with Gasteiger partial charge in [-0.05, 0) is 43.4 Å². The van der Waals surface area contributed by atoms with E-state index in [9.17, 15) is 0 Å². The van der Waals surface area contributed by atoms with E-state index in [1.165, 1.54) is 11.1 Å². The molecule has 0 atom stereocenters. The zero-order chi connectivity index (χ0) is 15.2. The molecule has 0 saturated heterocycles. The number of nitrogens with one attached hydrogen (secondary N) is 2. The largest absolute Gasteiger partial charge is 0.370 e. The number of hydrogen-bond acceptors (Lipinski definition) is 4. The second-order valence-electron chi connectivity index (χ2n) is 5.84. The van der Waals surface area contributed by atoms with Crippen molar-refractivity contribution < 1.29 is 0 Å². The molecule has 4 nitrogen and oxygen atoms in total. The summed E-state index contributed by atoms with van der Waals surface area (Å²) in [6, 6.07) is 8.30. The minimum Gasteiger partial charge on any atom is -0.370 e. The first-order valence-electron chi connectivity index (χ1n) is 7.45. The average Bonchev–Trinajstić information content (AvgIpc) is 2.43. The van der Waals surface area contributed by atoms with Gasteiger partial charge in [0, 0.05) is 18.3 Å². The second-order valence-corrected chi connectivity index (χ2v) is 5.84. The van der Waals surface area contributed by atoms with E-state index in [1.54, 1.807) is 6.33 Å². The summed E-state index contributed by atoms with van der Waals surface area (Å²) in [5, 5.41) is 6.70. The van der Waals surface area contributed by atoms with Gasteiger partial charge in [0.2, 0.25) is 0 Å². The van der Waals surface area contributed by atoms with E-state index in [0.717, 1.165) is 30.3 Å². The molecule has 2 rings (SSSR count). The molecule has 0 aliphatic rings. The van der Waals surface area contributed by atoms with Gasteiger partial charge in [-0.15, -0.1) is 0 Å². The molecule has 1 heterocycles. The highest BCUT2D eigenvalue weighted by molar-refractivity contribution is 5.62. The van der Waals surface area contributed by atoms with Crippen LogP contribution in [0.4, 0.5) is 17.3 Å². The van der Waals surface area contributed by atoms with Gasteiger partial charge in [-0.1, -0.05) is 26.0 Å². The highest BCUT2D eigenvalue weighted by Gasteiger charge is 2.03. The minimum atomic E-state index is 0.687. The number of nitrogens with zero attached hydrogens (tertiary/aromatic N) is 2. The first kappa shape index (κ1) is 15.3. The second kappa shape index (κ2) is 7.07. The molecular weight excluding hydrogens is 260 g/mol. The van der Waals surface area contributed by atoms with Crippen LogP contribution in [-0.4, -0.2) is 16.5 Å². The van der Waals surface area contributed by atoms with E-state index in [1.807, 2.05) is 6.07 Å². The van der Waals surface area contributed by atoms with Crippen molar-refractivity contribution in [3.8, 4) is 0 Å². The highest BCUT2D eigenvalue weighted by Crippen LogP contribution is 2.21. The lowest BCUT2D eigenvalue weighted by molar-refractivity contribution is 0.606. The molecule has 0 amide bonds. The van der Waals surface area contributed by atoms with Gasteiger partial charge in [-0.25, -0.2) is 9.97 Å². The number of aromatic nitrogens is 2. The Kier molecular flexibility index (Phi) is 5.14.